The Morgan fingerprint density at radius 3 is 2.22 bits per heavy atom. The van der Waals surface area contributed by atoms with E-state index >= 15 is 0 Å². The molecule has 0 aromatic heterocycles. The predicted molar refractivity (Wildman–Crippen MR) is 70.6 cm³/mol. The third kappa shape index (κ3) is 4.76. The highest BCUT2D eigenvalue weighted by atomic mass is 79.9. The SMILES string of the molecule is CC(C)(C)OOC(=O)c1cc(Br)cc(C(=O)Cl)c1. The smallest absolute Gasteiger partial charge is 0.292 e. The molecule has 0 aliphatic rings. The fourth-order valence-corrected chi connectivity index (χ4v) is 1.63. The second-order valence-electron chi connectivity index (χ2n) is 4.57. The first-order valence-electron chi connectivity index (χ1n) is 5.09. The molecule has 0 amide bonds. The van der Waals surface area contributed by atoms with E-state index in [2.05, 4.69) is 20.8 Å². The Balaban J connectivity index is 2.89. The van der Waals surface area contributed by atoms with Crippen LogP contribution in [0.5, 0.6) is 0 Å². The first kappa shape index (κ1) is 15.1. The molecule has 0 radical (unpaired) electrons. The van der Waals surface area contributed by atoms with Crippen molar-refractivity contribution < 1.29 is 19.4 Å². The molecule has 98 valence electrons. The van der Waals surface area contributed by atoms with Crippen molar-refractivity contribution in [2.24, 2.45) is 0 Å². The predicted octanol–water partition coefficient (Wildman–Crippen LogP) is 3.72. The monoisotopic (exact) mass is 334 g/mol. The van der Waals surface area contributed by atoms with Gasteiger partial charge in [-0.15, -0.1) is 0 Å². The van der Waals surface area contributed by atoms with E-state index in [1.807, 2.05) is 0 Å². The molecule has 0 saturated carbocycles. The summed E-state index contributed by atoms with van der Waals surface area (Å²) in [6.45, 7) is 5.23. The summed E-state index contributed by atoms with van der Waals surface area (Å²) in [5.74, 6) is -0.689. The molecule has 0 aliphatic carbocycles. The largest absolute Gasteiger partial charge is 0.373 e. The molecule has 0 saturated heterocycles. The van der Waals surface area contributed by atoms with Crippen LogP contribution in [0.4, 0.5) is 0 Å². The highest BCUT2D eigenvalue weighted by Gasteiger charge is 2.18. The normalized spacial score (nSPS) is 11.2. The summed E-state index contributed by atoms with van der Waals surface area (Å²) in [4.78, 5) is 32.3. The van der Waals surface area contributed by atoms with Crippen molar-refractivity contribution in [2.75, 3.05) is 0 Å². The van der Waals surface area contributed by atoms with Crippen LogP contribution < -0.4 is 0 Å². The molecule has 6 heteroatoms. The van der Waals surface area contributed by atoms with Crippen LogP contribution in [0.15, 0.2) is 22.7 Å². The Morgan fingerprint density at radius 1 is 1.17 bits per heavy atom. The van der Waals surface area contributed by atoms with Gasteiger partial charge < -0.3 is 0 Å². The molecule has 4 nitrogen and oxygen atoms in total. The van der Waals surface area contributed by atoms with E-state index in [1.165, 1.54) is 18.2 Å². The fraction of sp³-hybridized carbons (Fsp3) is 0.333. The van der Waals surface area contributed by atoms with Gasteiger partial charge in [-0.2, -0.15) is 4.89 Å². The molecular weight excluding hydrogens is 323 g/mol. The van der Waals surface area contributed by atoms with Gasteiger partial charge in [-0.3, -0.25) is 9.68 Å². The van der Waals surface area contributed by atoms with E-state index in [9.17, 15) is 9.59 Å². The van der Waals surface area contributed by atoms with Crippen molar-refractivity contribution in [1.29, 1.82) is 0 Å². The van der Waals surface area contributed by atoms with Crippen molar-refractivity contribution >= 4 is 38.7 Å². The van der Waals surface area contributed by atoms with Crippen LogP contribution in [-0.4, -0.2) is 16.8 Å². The van der Waals surface area contributed by atoms with E-state index in [0.29, 0.717) is 4.47 Å². The lowest BCUT2D eigenvalue weighted by Crippen LogP contribution is -2.22. The van der Waals surface area contributed by atoms with Gasteiger partial charge >= 0.3 is 5.97 Å². The number of carbonyl (C=O) groups excluding carboxylic acids is 2. The Hall–Kier alpha value is -0.910. The number of hydrogen-bond acceptors (Lipinski definition) is 4. The quantitative estimate of drug-likeness (QED) is 0.480. The van der Waals surface area contributed by atoms with Gasteiger partial charge in [0.1, 0.15) is 5.60 Å². The van der Waals surface area contributed by atoms with Crippen LogP contribution in [0.25, 0.3) is 0 Å². The minimum atomic E-state index is -0.689. The molecule has 1 rings (SSSR count). The van der Waals surface area contributed by atoms with Gasteiger partial charge in [0.05, 0.1) is 5.56 Å². The standard InChI is InChI=1S/C12H12BrClO4/c1-12(2,3)18-17-11(16)8-4-7(10(14)15)5-9(13)6-8/h4-6H,1-3H3. The molecule has 0 aliphatic heterocycles. The lowest BCUT2D eigenvalue weighted by molar-refractivity contribution is -0.301. The van der Waals surface area contributed by atoms with E-state index in [0.717, 1.165) is 0 Å². The maximum atomic E-state index is 11.7. The highest BCUT2D eigenvalue weighted by Crippen LogP contribution is 2.19. The third-order valence-corrected chi connectivity index (χ3v) is 2.40. The number of rotatable bonds is 3. The van der Waals surface area contributed by atoms with Gasteiger partial charge in [-0.05, 0) is 50.6 Å². The van der Waals surface area contributed by atoms with Gasteiger partial charge in [-0.1, -0.05) is 15.9 Å². The second-order valence-corrected chi connectivity index (χ2v) is 5.83. The average Bonchev–Trinajstić information content (AvgIpc) is 2.23. The van der Waals surface area contributed by atoms with Gasteiger partial charge in [0.2, 0.25) is 0 Å². The molecule has 0 fully saturated rings. The summed E-state index contributed by atoms with van der Waals surface area (Å²) in [6, 6.07) is 4.36. The molecule has 18 heavy (non-hydrogen) atoms. The number of carbonyl (C=O) groups is 2. The van der Waals surface area contributed by atoms with Crippen LogP contribution in [0.3, 0.4) is 0 Å². The van der Waals surface area contributed by atoms with E-state index < -0.39 is 16.8 Å². The zero-order valence-electron chi connectivity index (χ0n) is 10.1. The molecular formula is C12H12BrClO4. The van der Waals surface area contributed by atoms with Crippen molar-refractivity contribution in [3.8, 4) is 0 Å². The van der Waals surface area contributed by atoms with Crippen molar-refractivity contribution in [3.63, 3.8) is 0 Å². The molecule has 1 aromatic rings. The lowest BCUT2D eigenvalue weighted by atomic mass is 10.1. The van der Waals surface area contributed by atoms with Gasteiger partial charge in [0, 0.05) is 10.0 Å². The van der Waals surface area contributed by atoms with Gasteiger partial charge in [0.15, 0.2) is 0 Å². The third-order valence-electron chi connectivity index (χ3n) is 1.73. The first-order chi connectivity index (χ1) is 8.19. The number of halogens is 2. The average molecular weight is 336 g/mol. The van der Waals surface area contributed by atoms with Gasteiger partial charge in [-0.25, -0.2) is 4.79 Å². The minimum absolute atomic E-state index is 0.178. The maximum absolute atomic E-state index is 11.7. The van der Waals surface area contributed by atoms with Crippen LogP contribution in [0.1, 0.15) is 41.5 Å². The topological polar surface area (TPSA) is 52.6 Å². The molecule has 1 aromatic carbocycles. The van der Waals surface area contributed by atoms with Crippen LogP contribution in [0, 0.1) is 0 Å². The van der Waals surface area contributed by atoms with Crippen LogP contribution >= 0.6 is 27.5 Å². The first-order valence-corrected chi connectivity index (χ1v) is 6.26. The summed E-state index contributed by atoms with van der Waals surface area (Å²) in [6.07, 6.45) is 0. The zero-order valence-corrected chi connectivity index (χ0v) is 12.5. The molecule has 0 bridgehead atoms. The summed E-state index contributed by atoms with van der Waals surface area (Å²) < 4.78 is 0.553. The molecule has 0 unspecified atom stereocenters. The minimum Gasteiger partial charge on any atom is -0.292 e. The zero-order chi connectivity index (χ0) is 13.9. The second kappa shape index (κ2) is 5.82. The Morgan fingerprint density at radius 2 is 1.72 bits per heavy atom. The van der Waals surface area contributed by atoms with E-state index in [4.69, 9.17) is 16.5 Å². The fourth-order valence-electron chi connectivity index (χ4n) is 1.03. The molecule has 0 N–H and O–H groups in total. The van der Waals surface area contributed by atoms with E-state index in [-0.39, 0.29) is 11.1 Å². The van der Waals surface area contributed by atoms with Crippen molar-refractivity contribution in [2.45, 2.75) is 26.4 Å². The Labute approximate surface area is 118 Å². The summed E-state index contributed by atoms with van der Waals surface area (Å²) in [5.41, 5.74) is -0.223. The summed E-state index contributed by atoms with van der Waals surface area (Å²) in [7, 11) is 0. The Kier molecular flexibility index (Phi) is 4.90. The molecule has 0 spiro atoms. The molecule has 0 heterocycles. The van der Waals surface area contributed by atoms with E-state index in [1.54, 1.807) is 20.8 Å². The van der Waals surface area contributed by atoms with Crippen LogP contribution in [-0.2, 0) is 9.78 Å². The lowest BCUT2D eigenvalue weighted by Gasteiger charge is -2.16. The van der Waals surface area contributed by atoms with Crippen LogP contribution in [0.2, 0.25) is 0 Å². The van der Waals surface area contributed by atoms with Crippen molar-refractivity contribution in [3.05, 3.63) is 33.8 Å². The summed E-state index contributed by atoms with van der Waals surface area (Å²) >= 11 is 8.54. The van der Waals surface area contributed by atoms with Crippen molar-refractivity contribution in [1.82, 2.24) is 0 Å². The maximum Gasteiger partial charge on any atom is 0.373 e. The number of hydrogen-bond donors (Lipinski definition) is 0. The summed E-state index contributed by atoms with van der Waals surface area (Å²) in [5, 5.41) is -0.651. The highest BCUT2D eigenvalue weighted by molar-refractivity contribution is 9.10. The molecule has 0 atom stereocenters. The van der Waals surface area contributed by atoms with Gasteiger partial charge in [0.25, 0.3) is 5.24 Å². The number of benzene rings is 1. The Bertz CT molecular complexity index is 479.